The Bertz CT molecular complexity index is 496. The number of likely N-dealkylation sites (tertiary alicyclic amines) is 1. The van der Waals surface area contributed by atoms with Crippen molar-refractivity contribution in [2.24, 2.45) is 5.92 Å². The van der Waals surface area contributed by atoms with Crippen LogP contribution in [0.1, 0.15) is 30.9 Å². The number of nitrogens with zero attached hydrogens (tertiary/aromatic N) is 2. The second-order valence-electron chi connectivity index (χ2n) is 4.70. The molecule has 0 radical (unpaired) electrons. The summed E-state index contributed by atoms with van der Waals surface area (Å²) < 4.78 is 0. The normalized spacial score (nSPS) is 16.8. The number of carbonyl (C=O) groups is 2. The van der Waals surface area contributed by atoms with Crippen LogP contribution in [0.3, 0.4) is 0 Å². The van der Waals surface area contributed by atoms with E-state index in [1.165, 1.54) is 4.90 Å². The fraction of sp³-hybridized carbons (Fsp3) is 0.357. The summed E-state index contributed by atoms with van der Waals surface area (Å²) in [5, 5.41) is 8.69. The smallest absolute Gasteiger partial charge is 0.229 e. The molecule has 0 atom stereocenters. The molecule has 0 N–H and O–H groups in total. The summed E-state index contributed by atoms with van der Waals surface area (Å²) in [6.07, 6.45) is 0.865. The molecule has 0 aromatic heterocycles. The first-order valence-electron chi connectivity index (χ1n) is 5.92. The molecule has 1 saturated heterocycles. The highest BCUT2D eigenvalue weighted by molar-refractivity contribution is 5.97. The first-order valence-corrected chi connectivity index (χ1v) is 5.92. The van der Waals surface area contributed by atoms with Crippen LogP contribution >= 0.6 is 0 Å². The number of imide groups is 1. The van der Waals surface area contributed by atoms with Crippen LogP contribution in [0.2, 0.25) is 0 Å². The van der Waals surface area contributed by atoms with E-state index in [0.717, 1.165) is 5.56 Å². The molecule has 0 saturated carbocycles. The van der Waals surface area contributed by atoms with Crippen LogP contribution < -0.4 is 0 Å². The summed E-state index contributed by atoms with van der Waals surface area (Å²) in [5.41, 5.74) is 1.44. The molecule has 0 aliphatic carbocycles. The minimum Gasteiger partial charge on any atom is -0.278 e. The summed E-state index contributed by atoms with van der Waals surface area (Å²) in [5.74, 6) is -0.0755. The van der Waals surface area contributed by atoms with Gasteiger partial charge in [-0.05, 0) is 23.6 Å². The van der Waals surface area contributed by atoms with Crippen LogP contribution in [0.15, 0.2) is 24.3 Å². The zero-order chi connectivity index (χ0) is 13.1. The second-order valence-corrected chi connectivity index (χ2v) is 4.70. The minimum atomic E-state index is -0.108. The summed E-state index contributed by atoms with van der Waals surface area (Å²) >= 11 is 0. The monoisotopic (exact) mass is 242 g/mol. The first-order chi connectivity index (χ1) is 8.60. The highest BCUT2D eigenvalue weighted by atomic mass is 16.2. The average Bonchev–Trinajstić information content (AvgIpc) is 2.34. The maximum absolute atomic E-state index is 11.8. The maximum Gasteiger partial charge on any atom is 0.229 e. The molecular weight excluding hydrogens is 228 g/mol. The molecule has 1 fully saturated rings. The van der Waals surface area contributed by atoms with E-state index < -0.39 is 0 Å². The van der Waals surface area contributed by atoms with E-state index in [-0.39, 0.29) is 17.7 Å². The van der Waals surface area contributed by atoms with Crippen molar-refractivity contribution in [3.8, 4) is 6.07 Å². The lowest BCUT2D eigenvalue weighted by Gasteiger charge is -2.28. The molecule has 2 amide bonds. The second kappa shape index (κ2) is 5.01. The molecule has 2 rings (SSSR count). The van der Waals surface area contributed by atoms with Crippen LogP contribution in [0.5, 0.6) is 0 Å². The predicted octanol–water partition coefficient (Wildman–Crippen LogP) is 1.84. The molecule has 4 heteroatoms. The van der Waals surface area contributed by atoms with Crippen molar-refractivity contribution in [1.29, 1.82) is 5.26 Å². The molecule has 1 aromatic carbocycles. The zero-order valence-corrected chi connectivity index (χ0v) is 10.2. The largest absolute Gasteiger partial charge is 0.278 e. The molecule has 4 nitrogen and oxygen atoms in total. The number of benzene rings is 1. The molecule has 92 valence electrons. The number of amides is 2. The quantitative estimate of drug-likeness (QED) is 0.743. The average molecular weight is 242 g/mol. The van der Waals surface area contributed by atoms with Gasteiger partial charge in [-0.2, -0.15) is 5.26 Å². The fourth-order valence-electron chi connectivity index (χ4n) is 2.07. The van der Waals surface area contributed by atoms with Crippen LogP contribution in [0.4, 0.5) is 0 Å². The lowest BCUT2D eigenvalue weighted by atomic mass is 9.97. The molecule has 0 spiro atoms. The molecule has 18 heavy (non-hydrogen) atoms. The van der Waals surface area contributed by atoms with Gasteiger partial charge in [-0.3, -0.25) is 14.5 Å². The molecule has 0 unspecified atom stereocenters. The Morgan fingerprint density at radius 3 is 2.28 bits per heavy atom. The highest BCUT2D eigenvalue weighted by Gasteiger charge is 2.29. The standard InChI is InChI=1S/C14H14N2O2/c1-10-6-13(17)16(14(18)7-10)9-12-4-2-11(8-15)3-5-12/h2-5,10H,6-7,9H2,1H3. The Labute approximate surface area is 106 Å². The van der Waals surface area contributed by atoms with E-state index in [2.05, 4.69) is 0 Å². The zero-order valence-electron chi connectivity index (χ0n) is 10.2. The Morgan fingerprint density at radius 2 is 1.78 bits per heavy atom. The maximum atomic E-state index is 11.8. The van der Waals surface area contributed by atoms with Gasteiger partial charge in [-0.25, -0.2) is 0 Å². The third-order valence-corrected chi connectivity index (χ3v) is 3.07. The van der Waals surface area contributed by atoms with E-state index in [9.17, 15) is 9.59 Å². The Morgan fingerprint density at radius 1 is 1.22 bits per heavy atom. The van der Waals surface area contributed by atoms with Crippen molar-refractivity contribution in [1.82, 2.24) is 4.90 Å². The highest BCUT2D eigenvalue weighted by Crippen LogP contribution is 2.20. The van der Waals surface area contributed by atoms with E-state index in [0.29, 0.717) is 24.9 Å². The number of hydrogen-bond donors (Lipinski definition) is 0. The summed E-state index contributed by atoms with van der Waals surface area (Å²) in [7, 11) is 0. The van der Waals surface area contributed by atoms with Crippen molar-refractivity contribution < 1.29 is 9.59 Å². The van der Waals surface area contributed by atoms with Gasteiger partial charge in [0, 0.05) is 12.8 Å². The van der Waals surface area contributed by atoms with Crippen molar-refractivity contribution in [3.63, 3.8) is 0 Å². The number of piperidine rings is 1. The number of hydrogen-bond acceptors (Lipinski definition) is 3. The van der Waals surface area contributed by atoms with E-state index in [4.69, 9.17) is 5.26 Å². The summed E-state index contributed by atoms with van der Waals surface area (Å²) in [6, 6.07) is 8.97. The van der Waals surface area contributed by atoms with Crippen molar-refractivity contribution in [2.75, 3.05) is 0 Å². The molecule has 0 bridgehead atoms. The lowest BCUT2D eigenvalue weighted by molar-refractivity contribution is -0.150. The van der Waals surface area contributed by atoms with Gasteiger partial charge in [0.25, 0.3) is 0 Å². The van der Waals surface area contributed by atoms with Gasteiger partial charge in [0.15, 0.2) is 0 Å². The number of carbonyl (C=O) groups excluding carboxylic acids is 2. The summed E-state index contributed by atoms with van der Waals surface area (Å²) in [6.45, 7) is 2.21. The third-order valence-electron chi connectivity index (χ3n) is 3.07. The molecule has 1 heterocycles. The van der Waals surface area contributed by atoms with Gasteiger partial charge >= 0.3 is 0 Å². The van der Waals surface area contributed by atoms with Gasteiger partial charge in [0.1, 0.15) is 0 Å². The predicted molar refractivity (Wildman–Crippen MR) is 65.1 cm³/mol. The molecule has 1 aliphatic heterocycles. The van der Waals surface area contributed by atoms with E-state index in [1.807, 2.05) is 13.0 Å². The Balaban J connectivity index is 2.10. The topological polar surface area (TPSA) is 61.2 Å². The van der Waals surface area contributed by atoms with Gasteiger partial charge in [0.2, 0.25) is 11.8 Å². The SMILES string of the molecule is CC1CC(=O)N(Cc2ccc(C#N)cc2)C(=O)C1. The summed E-state index contributed by atoms with van der Waals surface area (Å²) in [4.78, 5) is 24.9. The van der Waals surface area contributed by atoms with Gasteiger partial charge in [0.05, 0.1) is 18.2 Å². The molecular formula is C14H14N2O2. The Hall–Kier alpha value is -2.15. The van der Waals surface area contributed by atoms with E-state index in [1.54, 1.807) is 24.3 Å². The van der Waals surface area contributed by atoms with Crippen LogP contribution in [-0.4, -0.2) is 16.7 Å². The van der Waals surface area contributed by atoms with Crippen LogP contribution in [-0.2, 0) is 16.1 Å². The van der Waals surface area contributed by atoms with Crippen molar-refractivity contribution in [3.05, 3.63) is 35.4 Å². The van der Waals surface area contributed by atoms with Gasteiger partial charge < -0.3 is 0 Å². The van der Waals surface area contributed by atoms with Crippen molar-refractivity contribution >= 4 is 11.8 Å². The molecule has 1 aliphatic rings. The van der Waals surface area contributed by atoms with Gasteiger partial charge in [-0.1, -0.05) is 19.1 Å². The van der Waals surface area contributed by atoms with Crippen molar-refractivity contribution in [2.45, 2.75) is 26.3 Å². The van der Waals surface area contributed by atoms with Crippen LogP contribution in [0, 0.1) is 17.2 Å². The Kier molecular flexibility index (Phi) is 3.42. The first kappa shape index (κ1) is 12.3. The number of nitriles is 1. The fourth-order valence-corrected chi connectivity index (χ4v) is 2.07. The van der Waals surface area contributed by atoms with Crippen LogP contribution in [0.25, 0.3) is 0 Å². The lowest BCUT2D eigenvalue weighted by Crippen LogP contribution is -2.42. The molecule has 1 aromatic rings. The number of rotatable bonds is 2. The van der Waals surface area contributed by atoms with Gasteiger partial charge in [-0.15, -0.1) is 0 Å². The minimum absolute atomic E-state index is 0.108. The van der Waals surface area contributed by atoms with E-state index >= 15 is 0 Å². The third kappa shape index (κ3) is 2.57.